The number of hydrogen-bond donors (Lipinski definition) is 2. The van der Waals surface area contributed by atoms with E-state index in [1.165, 1.54) is 0 Å². The van der Waals surface area contributed by atoms with E-state index in [-0.39, 0.29) is 5.91 Å². The van der Waals surface area contributed by atoms with Gasteiger partial charge in [0.2, 0.25) is 5.91 Å². The van der Waals surface area contributed by atoms with Crippen LogP contribution in [0.3, 0.4) is 0 Å². The number of amides is 1. The Kier molecular flexibility index (Phi) is 6.20. The summed E-state index contributed by atoms with van der Waals surface area (Å²) in [6.45, 7) is 4.55. The molecule has 0 saturated carbocycles. The van der Waals surface area contributed by atoms with Crippen molar-refractivity contribution in [3.63, 3.8) is 0 Å². The quantitative estimate of drug-likeness (QED) is 0.667. The molecule has 3 nitrogen and oxygen atoms in total. The number of carbonyl (C=O) groups excluding carboxylic acids is 1. The Labute approximate surface area is 78.5 Å². The van der Waals surface area contributed by atoms with Gasteiger partial charge in [-0.1, -0.05) is 6.92 Å². The topological polar surface area (TPSA) is 55.1 Å². The molecule has 4 heteroatoms. The first-order valence-electron chi connectivity index (χ1n) is 4.14. The maximum Gasteiger partial charge on any atom is 0.236 e. The van der Waals surface area contributed by atoms with Crippen molar-refractivity contribution in [1.82, 2.24) is 5.32 Å². The van der Waals surface area contributed by atoms with E-state index in [0.29, 0.717) is 5.25 Å². The molecular formula is C8H18N2OS. The third-order valence-electron chi connectivity index (χ3n) is 1.67. The molecule has 1 amide bonds. The van der Waals surface area contributed by atoms with E-state index in [1.54, 1.807) is 18.7 Å². The Morgan fingerprint density at radius 1 is 1.58 bits per heavy atom. The predicted octanol–water partition coefficient (Wildman–Crippen LogP) is 0.591. The van der Waals surface area contributed by atoms with Crippen LogP contribution in [0, 0.1) is 0 Å². The Morgan fingerprint density at radius 2 is 2.17 bits per heavy atom. The highest BCUT2D eigenvalue weighted by Gasteiger charge is 2.06. The first kappa shape index (κ1) is 11.8. The average Bonchev–Trinajstić information content (AvgIpc) is 2.03. The number of thioether (sulfide) groups is 1. The van der Waals surface area contributed by atoms with Crippen molar-refractivity contribution < 1.29 is 4.79 Å². The van der Waals surface area contributed by atoms with Crippen LogP contribution in [-0.2, 0) is 4.79 Å². The molecule has 0 saturated heterocycles. The maximum atomic E-state index is 11.0. The summed E-state index contributed by atoms with van der Waals surface area (Å²) in [4.78, 5) is 11.0. The lowest BCUT2D eigenvalue weighted by Gasteiger charge is -2.10. The molecular weight excluding hydrogens is 172 g/mol. The second-order valence-electron chi connectivity index (χ2n) is 2.91. The molecule has 0 fully saturated rings. The van der Waals surface area contributed by atoms with Crippen LogP contribution in [0.4, 0.5) is 0 Å². The number of nitrogens with two attached hydrogens (primary N) is 1. The molecule has 0 radical (unpaired) electrons. The zero-order valence-electron chi connectivity index (χ0n) is 7.96. The summed E-state index contributed by atoms with van der Waals surface area (Å²) in [5.41, 5.74) is 5.37. The Bertz CT molecular complexity index is 139. The van der Waals surface area contributed by atoms with E-state index >= 15 is 0 Å². The Hall–Kier alpha value is -0.220. The second-order valence-corrected chi connectivity index (χ2v) is 4.19. The average molecular weight is 190 g/mol. The molecule has 0 aromatic carbocycles. The van der Waals surface area contributed by atoms with Gasteiger partial charge in [-0.05, 0) is 19.6 Å². The van der Waals surface area contributed by atoms with Crippen molar-refractivity contribution >= 4 is 17.7 Å². The molecule has 0 bridgehead atoms. The molecule has 0 spiro atoms. The molecule has 0 aliphatic heterocycles. The molecule has 3 N–H and O–H groups in total. The third-order valence-corrected chi connectivity index (χ3v) is 2.71. The zero-order chi connectivity index (χ0) is 9.56. The fourth-order valence-electron chi connectivity index (χ4n) is 0.677. The van der Waals surface area contributed by atoms with Crippen molar-refractivity contribution in [2.24, 2.45) is 5.73 Å². The van der Waals surface area contributed by atoms with Crippen molar-refractivity contribution in [3.05, 3.63) is 0 Å². The highest BCUT2D eigenvalue weighted by Crippen LogP contribution is 2.07. The molecule has 0 aliphatic rings. The summed E-state index contributed by atoms with van der Waals surface area (Å²) in [6.07, 6.45) is 3.07. The van der Waals surface area contributed by atoms with Crippen LogP contribution in [-0.4, -0.2) is 30.0 Å². The monoisotopic (exact) mass is 190 g/mol. The van der Waals surface area contributed by atoms with E-state index in [0.717, 1.165) is 13.0 Å². The summed E-state index contributed by atoms with van der Waals surface area (Å²) >= 11 is 1.80. The fourth-order valence-corrected chi connectivity index (χ4v) is 1.03. The van der Waals surface area contributed by atoms with Crippen LogP contribution in [0.15, 0.2) is 0 Å². The number of rotatable bonds is 5. The van der Waals surface area contributed by atoms with Crippen molar-refractivity contribution in [3.8, 4) is 0 Å². The van der Waals surface area contributed by atoms with Crippen molar-refractivity contribution in [2.75, 3.05) is 12.8 Å². The molecule has 0 aromatic heterocycles. The summed E-state index contributed by atoms with van der Waals surface area (Å²) in [6, 6.07) is -0.394. The summed E-state index contributed by atoms with van der Waals surface area (Å²) < 4.78 is 0. The molecule has 0 rings (SSSR count). The van der Waals surface area contributed by atoms with Crippen LogP contribution < -0.4 is 11.1 Å². The van der Waals surface area contributed by atoms with Gasteiger partial charge in [-0.3, -0.25) is 4.79 Å². The smallest absolute Gasteiger partial charge is 0.236 e. The number of carbonyl (C=O) groups is 1. The van der Waals surface area contributed by atoms with Crippen molar-refractivity contribution in [2.45, 2.75) is 31.6 Å². The first-order valence-corrected chi connectivity index (χ1v) is 5.42. The molecule has 0 aliphatic carbocycles. The minimum Gasteiger partial charge on any atom is -0.355 e. The second kappa shape index (κ2) is 6.31. The minimum absolute atomic E-state index is 0.0664. The zero-order valence-corrected chi connectivity index (χ0v) is 8.78. The van der Waals surface area contributed by atoms with Gasteiger partial charge < -0.3 is 11.1 Å². The number of nitrogens with one attached hydrogen (secondary N) is 1. The van der Waals surface area contributed by atoms with Gasteiger partial charge in [0.15, 0.2) is 0 Å². The molecule has 2 atom stereocenters. The van der Waals surface area contributed by atoms with Gasteiger partial charge in [0.25, 0.3) is 0 Å². The molecule has 0 heterocycles. The SMILES string of the molecule is CSC(C)CCNC(=O)[C@@H](C)N. The lowest BCUT2D eigenvalue weighted by atomic mass is 10.3. The Morgan fingerprint density at radius 3 is 2.58 bits per heavy atom. The first-order chi connectivity index (χ1) is 5.57. The molecule has 1 unspecified atom stereocenters. The summed E-state index contributed by atoms with van der Waals surface area (Å²) in [7, 11) is 0. The maximum absolute atomic E-state index is 11.0. The van der Waals surface area contributed by atoms with Gasteiger partial charge in [-0.2, -0.15) is 11.8 Å². The van der Waals surface area contributed by atoms with Gasteiger partial charge >= 0.3 is 0 Å². The Balaban J connectivity index is 3.37. The lowest BCUT2D eigenvalue weighted by molar-refractivity contribution is -0.121. The van der Waals surface area contributed by atoms with E-state index in [1.807, 2.05) is 0 Å². The van der Waals surface area contributed by atoms with Crippen LogP contribution in [0.25, 0.3) is 0 Å². The summed E-state index contributed by atoms with van der Waals surface area (Å²) in [5.74, 6) is -0.0664. The predicted molar refractivity (Wildman–Crippen MR) is 54.3 cm³/mol. The van der Waals surface area contributed by atoms with E-state index in [9.17, 15) is 4.79 Å². The molecule has 12 heavy (non-hydrogen) atoms. The van der Waals surface area contributed by atoms with Crippen LogP contribution >= 0.6 is 11.8 Å². The standard InChI is InChI=1S/C8H18N2OS/c1-6(12-3)4-5-10-8(11)7(2)9/h6-7H,4-5,9H2,1-3H3,(H,10,11)/t6?,7-/m1/s1. The van der Waals surface area contributed by atoms with Gasteiger partial charge in [0.05, 0.1) is 6.04 Å². The van der Waals surface area contributed by atoms with Crippen LogP contribution in [0.2, 0.25) is 0 Å². The van der Waals surface area contributed by atoms with Gasteiger partial charge in [0, 0.05) is 11.8 Å². The van der Waals surface area contributed by atoms with E-state index in [2.05, 4.69) is 18.5 Å². The summed E-state index contributed by atoms with van der Waals surface area (Å²) in [5, 5.41) is 3.37. The molecule has 0 aromatic rings. The lowest BCUT2D eigenvalue weighted by Crippen LogP contribution is -2.39. The van der Waals surface area contributed by atoms with Crippen LogP contribution in [0.1, 0.15) is 20.3 Å². The van der Waals surface area contributed by atoms with Gasteiger partial charge in [-0.25, -0.2) is 0 Å². The largest absolute Gasteiger partial charge is 0.355 e. The number of hydrogen-bond acceptors (Lipinski definition) is 3. The van der Waals surface area contributed by atoms with E-state index in [4.69, 9.17) is 5.73 Å². The fraction of sp³-hybridized carbons (Fsp3) is 0.875. The normalized spacial score (nSPS) is 15.3. The van der Waals surface area contributed by atoms with Crippen LogP contribution in [0.5, 0.6) is 0 Å². The van der Waals surface area contributed by atoms with Gasteiger partial charge in [-0.15, -0.1) is 0 Å². The minimum atomic E-state index is -0.394. The highest BCUT2D eigenvalue weighted by atomic mass is 32.2. The third kappa shape index (κ3) is 5.43. The molecule has 72 valence electrons. The van der Waals surface area contributed by atoms with Crippen molar-refractivity contribution in [1.29, 1.82) is 0 Å². The van der Waals surface area contributed by atoms with Gasteiger partial charge in [0.1, 0.15) is 0 Å². The highest BCUT2D eigenvalue weighted by molar-refractivity contribution is 7.99. The van der Waals surface area contributed by atoms with E-state index < -0.39 is 6.04 Å².